The van der Waals surface area contributed by atoms with Gasteiger partial charge in [-0.3, -0.25) is 4.79 Å². The molecule has 2 rings (SSSR count). The molecule has 0 saturated heterocycles. The van der Waals surface area contributed by atoms with Crippen LogP contribution < -0.4 is 10.2 Å². The highest BCUT2D eigenvalue weighted by atomic mass is 16.1. The van der Waals surface area contributed by atoms with E-state index in [9.17, 15) is 4.79 Å². The first-order chi connectivity index (χ1) is 8.58. The predicted octanol–water partition coefficient (Wildman–Crippen LogP) is 1.52. The molecule has 98 valence electrons. The molecule has 0 aromatic carbocycles. The molecule has 0 radical (unpaired) electrons. The summed E-state index contributed by atoms with van der Waals surface area (Å²) < 4.78 is 0. The molecule has 5 heteroatoms. The van der Waals surface area contributed by atoms with Crippen molar-refractivity contribution in [2.75, 3.05) is 19.0 Å². The zero-order chi connectivity index (χ0) is 13.1. The molecule has 0 aliphatic heterocycles. The zero-order valence-electron chi connectivity index (χ0n) is 11.2. The molecule has 1 N–H and O–H groups in total. The summed E-state index contributed by atoms with van der Waals surface area (Å²) in [5.41, 5.74) is 1.30. The number of carbonyl (C=O) groups is 1. The highest BCUT2D eigenvalue weighted by Crippen LogP contribution is 2.18. The normalized spacial score (nSPS) is 15.7. The second-order valence-corrected chi connectivity index (χ2v) is 5.02. The lowest BCUT2D eigenvalue weighted by Crippen LogP contribution is -2.33. The molecule has 5 nitrogen and oxygen atoms in total. The maximum absolute atomic E-state index is 12.1. The first-order valence-electron chi connectivity index (χ1n) is 6.40. The number of anilines is 1. The molecule has 1 aliphatic carbocycles. The van der Waals surface area contributed by atoms with Gasteiger partial charge < -0.3 is 10.2 Å². The molecule has 1 fully saturated rings. The number of nitrogens with one attached hydrogen (secondary N) is 1. The summed E-state index contributed by atoms with van der Waals surface area (Å²) in [4.78, 5) is 22.4. The third-order valence-corrected chi connectivity index (χ3v) is 3.30. The van der Waals surface area contributed by atoms with Crippen molar-refractivity contribution in [3.63, 3.8) is 0 Å². The van der Waals surface area contributed by atoms with Gasteiger partial charge in [-0.1, -0.05) is 12.8 Å². The Kier molecular flexibility index (Phi) is 3.79. The third kappa shape index (κ3) is 2.78. The van der Waals surface area contributed by atoms with Gasteiger partial charge in [0.05, 0.1) is 11.3 Å². The largest absolute Gasteiger partial charge is 0.349 e. The number of amides is 1. The van der Waals surface area contributed by atoms with Gasteiger partial charge in [0.1, 0.15) is 0 Å². The minimum Gasteiger partial charge on any atom is -0.349 e. The van der Waals surface area contributed by atoms with Crippen LogP contribution in [0.2, 0.25) is 0 Å². The Morgan fingerprint density at radius 3 is 2.61 bits per heavy atom. The molecule has 1 saturated carbocycles. The molecule has 0 unspecified atom stereocenters. The zero-order valence-corrected chi connectivity index (χ0v) is 11.2. The van der Waals surface area contributed by atoms with Gasteiger partial charge in [0, 0.05) is 26.3 Å². The molecule has 1 aliphatic rings. The van der Waals surface area contributed by atoms with Gasteiger partial charge in [-0.2, -0.15) is 0 Å². The highest BCUT2D eigenvalue weighted by molar-refractivity contribution is 5.95. The Morgan fingerprint density at radius 2 is 2.06 bits per heavy atom. The topological polar surface area (TPSA) is 58.1 Å². The molecule has 1 aromatic heterocycles. The number of hydrogen-bond acceptors (Lipinski definition) is 4. The van der Waals surface area contributed by atoms with Crippen LogP contribution in [-0.4, -0.2) is 36.0 Å². The Hall–Kier alpha value is -1.65. The first kappa shape index (κ1) is 12.8. The molecule has 1 heterocycles. The smallest absolute Gasteiger partial charge is 0.254 e. The number of rotatable bonds is 3. The minimum atomic E-state index is -0.0512. The molecule has 18 heavy (non-hydrogen) atoms. The van der Waals surface area contributed by atoms with Crippen LogP contribution in [0.25, 0.3) is 0 Å². The number of hydrogen-bond donors (Lipinski definition) is 1. The number of aromatic nitrogens is 2. The number of carbonyl (C=O) groups excluding carboxylic acids is 1. The van der Waals surface area contributed by atoms with E-state index in [-0.39, 0.29) is 5.91 Å². The van der Waals surface area contributed by atoms with Crippen LogP contribution in [0.4, 0.5) is 5.95 Å². The van der Waals surface area contributed by atoms with Gasteiger partial charge in [0.25, 0.3) is 5.91 Å². The molecular formula is C13H20N4O. The summed E-state index contributed by atoms with van der Waals surface area (Å²) in [6, 6.07) is 0.324. The van der Waals surface area contributed by atoms with Gasteiger partial charge in [-0.25, -0.2) is 9.97 Å². The fourth-order valence-electron chi connectivity index (χ4n) is 2.23. The van der Waals surface area contributed by atoms with Crippen molar-refractivity contribution in [3.8, 4) is 0 Å². The fraction of sp³-hybridized carbons (Fsp3) is 0.615. The monoisotopic (exact) mass is 248 g/mol. The number of aryl methyl sites for hydroxylation is 1. The molecule has 0 spiro atoms. The summed E-state index contributed by atoms with van der Waals surface area (Å²) in [5, 5.41) is 3.05. The van der Waals surface area contributed by atoms with Crippen molar-refractivity contribution in [2.45, 2.75) is 38.6 Å². The van der Waals surface area contributed by atoms with Gasteiger partial charge >= 0.3 is 0 Å². The summed E-state index contributed by atoms with van der Waals surface area (Å²) in [6.07, 6.45) is 6.20. The van der Waals surface area contributed by atoms with Crippen LogP contribution in [0, 0.1) is 6.92 Å². The van der Waals surface area contributed by atoms with E-state index in [1.54, 1.807) is 6.20 Å². The van der Waals surface area contributed by atoms with E-state index in [1.165, 1.54) is 12.8 Å². The fourth-order valence-corrected chi connectivity index (χ4v) is 2.23. The van der Waals surface area contributed by atoms with E-state index in [0.29, 0.717) is 17.6 Å². The predicted molar refractivity (Wildman–Crippen MR) is 70.8 cm³/mol. The summed E-state index contributed by atoms with van der Waals surface area (Å²) in [5.74, 6) is 0.578. The lowest BCUT2D eigenvalue weighted by Gasteiger charge is -2.14. The number of nitrogens with zero attached hydrogens (tertiary/aromatic N) is 3. The van der Waals surface area contributed by atoms with Crippen molar-refractivity contribution in [1.29, 1.82) is 0 Å². The Balaban J connectivity index is 2.10. The minimum absolute atomic E-state index is 0.0512. The Morgan fingerprint density at radius 1 is 1.39 bits per heavy atom. The second kappa shape index (κ2) is 5.33. The van der Waals surface area contributed by atoms with Crippen molar-refractivity contribution < 1.29 is 4.79 Å². The summed E-state index contributed by atoms with van der Waals surface area (Å²) >= 11 is 0. The lowest BCUT2D eigenvalue weighted by molar-refractivity contribution is 0.0936. The molecule has 1 amide bonds. The van der Waals surface area contributed by atoms with Crippen LogP contribution in [0.1, 0.15) is 41.7 Å². The summed E-state index contributed by atoms with van der Waals surface area (Å²) in [6.45, 7) is 1.85. The van der Waals surface area contributed by atoms with Crippen molar-refractivity contribution >= 4 is 11.9 Å². The van der Waals surface area contributed by atoms with Crippen LogP contribution in [0.3, 0.4) is 0 Å². The van der Waals surface area contributed by atoms with Gasteiger partial charge in [-0.05, 0) is 19.8 Å². The van der Waals surface area contributed by atoms with Crippen molar-refractivity contribution in [1.82, 2.24) is 15.3 Å². The van der Waals surface area contributed by atoms with Crippen molar-refractivity contribution in [3.05, 3.63) is 17.5 Å². The molecule has 1 aromatic rings. The second-order valence-electron chi connectivity index (χ2n) is 5.02. The average molecular weight is 248 g/mol. The molecule has 0 atom stereocenters. The maximum atomic E-state index is 12.1. The molecular weight excluding hydrogens is 228 g/mol. The van der Waals surface area contributed by atoms with E-state index in [0.717, 1.165) is 18.5 Å². The van der Waals surface area contributed by atoms with Crippen LogP contribution in [0.5, 0.6) is 0 Å². The highest BCUT2D eigenvalue weighted by Gasteiger charge is 2.19. The van der Waals surface area contributed by atoms with Crippen LogP contribution >= 0.6 is 0 Å². The van der Waals surface area contributed by atoms with Crippen molar-refractivity contribution in [2.24, 2.45) is 0 Å². The van der Waals surface area contributed by atoms with Crippen LogP contribution in [-0.2, 0) is 0 Å². The van der Waals surface area contributed by atoms with Gasteiger partial charge in [0.15, 0.2) is 0 Å². The lowest BCUT2D eigenvalue weighted by atomic mass is 10.2. The van der Waals surface area contributed by atoms with E-state index in [4.69, 9.17) is 0 Å². The Labute approximate surface area is 108 Å². The Bertz CT molecular complexity index is 439. The third-order valence-electron chi connectivity index (χ3n) is 3.30. The standard InChI is InChI=1S/C13H20N4O/c1-9-11(8-14-13(15-9)17(2)3)12(18)16-10-6-4-5-7-10/h8,10H,4-7H2,1-3H3,(H,16,18). The first-order valence-corrected chi connectivity index (χ1v) is 6.40. The molecule has 0 bridgehead atoms. The van der Waals surface area contributed by atoms with E-state index < -0.39 is 0 Å². The van der Waals surface area contributed by atoms with Gasteiger partial charge in [0.2, 0.25) is 5.95 Å². The van der Waals surface area contributed by atoms with E-state index in [1.807, 2.05) is 25.9 Å². The summed E-state index contributed by atoms with van der Waals surface area (Å²) in [7, 11) is 3.76. The van der Waals surface area contributed by atoms with Gasteiger partial charge in [-0.15, -0.1) is 0 Å². The maximum Gasteiger partial charge on any atom is 0.254 e. The average Bonchev–Trinajstić information content (AvgIpc) is 2.81. The van der Waals surface area contributed by atoms with E-state index >= 15 is 0 Å². The SMILES string of the molecule is Cc1nc(N(C)C)ncc1C(=O)NC1CCCC1. The quantitative estimate of drug-likeness (QED) is 0.881. The van der Waals surface area contributed by atoms with Crippen LogP contribution in [0.15, 0.2) is 6.20 Å². The van der Waals surface area contributed by atoms with E-state index in [2.05, 4.69) is 15.3 Å².